The van der Waals surface area contributed by atoms with Crippen LogP contribution < -0.4 is 5.32 Å². The van der Waals surface area contributed by atoms with Gasteiger partial charge in [-0.1, -0.05) is 36.7 Å². The Morgan fingerprint density at radius 3 is 2.81 bits per heavy atom. The Balaban J connectivity index is 1.93. The summed E-state index contributed by atoms with van der Waals surface area (Å²) in [6, 6.07) is 12.4. The zero-order valence-corrected chi connectivity index (χ0v) is 12.4. The summed E-state index contributed by atoms with van der Waals surface area (Å²) in [6.07, 6.45) is 0.795. The Kier molecular flexibility index (Phi) is 3.84. The zero-order valence-electron chi connectivity index (χ0n) is 11.6. The summed E-state index contributed by atoms with van der Waals surface area (Å²) in [4.78, 5) is 0. The van der Waals surface area contributed by atoms with Crippen LogP contribution in [0.25, 0.3) is 11.0 Å². The molecule has 0 bridgehead atoms. The molecular weight excluding hydrogens is 289 g/mol. The lowest BCUT2D eigenvalue weighted by molar-refractivity contribution is 0.551. The molecule has 1 aromatic heterocycles. The summed E-state index contributed by atoms with van der Waals surface area (Å²) < 4.78 is 19.6. The number of anilines is 1. The zero-order chi connectivity index (χ0) is 14.8. The maximum Gasteiger partial charge on any atom is 0.146 e. The third-order valence-corrected chi connectivity index (χ3v) is 3.72. The minimum absolute atomic E-state index is 0.315. The Labute approximate surface area is 127 Å². The van der Waals surface area contributed by atoms with Crippen LogP contribution in [0.3, 0.4) is 0 Å². The van der Waals surface area contributed by atoms with Crippen molar-refractivity contribution >= 4 is 28.3 Å². The fourth-order valence-corrected chi connectivity index (χ4v) is 2.62. The molecule has 0 aliphatic rings. The van der Waals surface area contributed by atoms with Crippen molar-refractivity contribution in [1.29, 1.82) is 0 Å². The van der Waals surface area contributed by atoms with E-state index < -0.39 is 0 Å². The number of hydrogen-bond acceptors (Lipinski definition) is 2. The van der Waals surface area contributed by atoms with Crippen molar-refractivity contribution in [3.8, 4) is 0 Å². The first-order chi connectivity index (χ1) is 10.2. The molecule has 0 aliphatic heterocycles. The fourth-order valence-electron chi connectivity index (χ4n) is 2.45. The van der Waals surface area contributed by atoms with Crippen molar-refractivity contribution in [3.05, 3.63) is 64.6 Å². The molecule has 0 saturated heterocycles. The minimum atomic E-state index is -0.315. The molecule has 1 heterocycles. The van der Waals surface area contributed by atoms with E-state index in [0.717, 1.165) is 28.7 Å². The Morgan fingerprint density at radius 2 is 2.00 bits per heavy atom. The Bertz CT molecular complexity index is 782. The van der Waals surface area contributed by atoms with Gasteiger partial charge >= 0.3 is 0 Å². The fraction of sp³-hybridized carbons (Fsp3) is 0.176. The van der Waals surface area contributed by atoms with Gasteiger partial charge in [-0.3, -0.25) is 0 Å². The molecule has 1 N–H and O–H groups in total. The maximum absolute atomic E-state index is 13.8. The van der Waals surface area contributed by atoms with Gasteiger partial charge in [0.05, 0.1) is 5.69 Å². The molecule has 4 heteroatoms. The van der Waals surface area contributed by atoms with Crippen LogP contribution in [0.4, 0.5) is 10.1 Å². The monoisotopic (exact) mass is 303 g/mol. The molecular formula is C17H15ClFNO. The number of aryl methyl sites for hydroxylation is 1. The normalized spacial score (nSPS) is 11.0. The minimum Gasteiger partial charge on any atom is -0.461 e. The summed E-state index contributed by atoms with van der Waals surface area (Å²) in [5.41, 5.74) is 2.32. The van der Waals surface area contributed by atoms with Crippen molar-refractivity contribution < 1.29 is 8.81 Å². The first-order valence-electron chi connectivity index (χ1n) is 6.87. The number of benzene rings is 2. The summed E-state index contributed by atoms with van der Waals surface area (Å²) in [7, 11) is 0. The third-order valence-electron chi connectivity index (χ3n) is 3.49. The Morgan fingerprint density at radius 1 is 1.19 bits per heavy atom. The van der Waals surface area contributed by atoms with Crippen LogP contribution in [-0.2, 0) is 13.0 Å². The van der Waals surface area contributed by atoms with Gasteiger partial charge in [0, 0.05) is 28.9 Å². The standard InChI is InChI=1S/C17H15ClFNO/c1-2-16-13(12-5-3-4-6-17(12)21-16)10-20-15-9-11(18)7-8-14(15)19/h3-9,20H,2,10H2,1H3. The molecule has 0 radical (unpaired) electrons. The molecule has 108 valence electrons. The number of rotatable bonds is 4. The average molecular weight is 304 g/mol. The van der Waals surface area contributed by atoms with Gasteiger partial charge < -0.3 is 9.73 Å². The topological polar surface area (TPSA) is 25.2 Å². The summed E-state index contributed by atoms with van der Waals surface area (Å²) in [5.74, 6) is 0.608. The number of hydrogen-bond donors (Lipinski definition) is 1. The van der Waals surface area contributed by atoms with E-state index in [0.29, 0.717) is 17.3 Å². The van der Waals surface area contributed by atoms with Gasteiger partial charge in [-0.15, -0.1) is 0 Å². The van der Waals surface area contributed by atoms with Gasteiger partial charge in [0.2, 0.25) is 0 Å². The number of furan rings is 1. The highest BCUT2D eigenvalue weighted by atomic mass is 35.5. The maximum atomic E-state index is 13.8. The van der Waals surface area contributed by atoms with Crippen molar-refractivity contribution in [1.82, 2.24) is 0 Å². The second-order valence-electron chi connectivity index (χ2n) is 4.83. The van der Waals surface area contributed by atoms with Gasteiger partial charge in [0.15, 0.2) is 0 Å². The van der Waals surface area contributed by atoms with Gasteiger partial charge in [0.1, 0.15) is 17.2 Å². The summed E-state index contributed by atoms with van der Waals surface area (Å²) in [5, 5.41) is 4.67. The van der Waals surface area contributed by atoms with E-state index in [2.05, 4.69) is 5.32 Å². The van der Waals surface area contributed by atoms with Crippen molar-refractivity contribution in [2.24, 2.45) is 0 Å². The molecule has 0 unspecified atom stereocenters. The van der Waals surface area contributed by atoms with Crippen LogP contribution >= 0.6 is 11.6 Å². The number of nitrogens with one attached hydrogen (secondary N) is 1. The van der Waals surface area contributed by atoms with E-state index in [1.54, 1.807) is 6.07 Å². The predicted molar refractivity (Wildman–Crippen MR) is 84.3 cm³/mol. The smallest absolute Gasteiger partial charge is 0.146 e. The highest BCUT2D eigenvalue weighted by molar-refractivity contribution is 6.30. The molecule has 0 spiro atoms. The molecule has 0 atom stereocenters. The van der Waals surface area contributed by atoms with Crippen LogP contribution in [0.1, 0.15) is 18.2 Å². The molecule has 2 nitrogen and oxygen atoms in total. The summed E-state index contributed by atoms with van der Waals surface area (Å²) in [6.45, 7) is 2.54. The van der Waals surface area contributed by atoms with Crippen molar-refractivity contribution in [2.75, 3.05) is 5.32 Å². The SMILES string of the molecule is CCc1oc2ccccc2c1CNc1cc(Cl)ccc1F. The quantitative estimate of drug-likeness (QED) is 0.698. The lowest BCUT2D eigenvalue weighted by Gasteiger charge is -2.08. The molecule has 0 aliphatic carbocycles. The lowest BCUT2D eigenvalue weighted by atomic mass is 10.1. The molecule has 0 amide bonds. The third kappa shape index (κ3) is 2.74. The molecule has 0 fully saturated rings. The van der Waals surface area contributed by atoms with E-state index in [4.69, 9.17) is 16.0 Å². The number of halogens is 2. The first kappa shape index (κ1) is 14.0. The van der Waals surface area contributed by atoms with Crippen molar-refractivity contribution in [3.63, 3.8) is 0 Å². The van der Waals surface area contributed by atoms with Crippen LogP contribution in [0.2, 0.25) is 5.02 Å². The number of para-hydroxylation sites is 1. The van der Waals surface area contributed by atoms with Crippen LogP contribution in [0.5, 0.6) is 0 Å². The molecule has 3 rings (SSSR count). The first-order valence-corrected chi connectivity index (χ1v) is 7.25. The van der Waals surface area contributed by atoms with Gasteiger partial charge in [-0.2, -0.15) is 0 Å². The van der Waals surface area contributed by atoms with Crippen molar-refractivity contribution in [2.45, 2.75) is 19.9 Å². The highest BCUT2D eigenvalue weighted by Gasteiger charge is 2.13. The highest BCUT2D eigenvalue weighted by Crippen LogP contribution is 2.28. The van der Waals surface area contributed by atoms with E-state index in [1.165, 1.54) is 12.1 Å². The van der Waals surface area contributed by atoms with Gasteiger partial charge in [-0.25, -0.2) is 4.39 Å². The molecule has 21 heavy (non-hydrogen) atoms. The van der Waals surface area contributed by atoms with Crippen LogP contribution in [0.15, 0.2) is 46.9 Å². The predicted octanol–water partition coefficient (Wildman–Crippen LogP) is 5.40. The van der Waals surface area contributed by atoms with Crippen LogP contribution in [0, 0.1) is 5.82 Å². The van der Waals surface area contributed by atoms with E-state index in [1.807, 2.05) is 31.2 Å². The summed E-state index contributed by atoms with van der Waals surface area (Å²) >= 11 is 5.91. The largest absolute Gasteiger partial charge is 0.461 e. The van der Waals surface area contributed by atoms with Crippen LogP contribution in [-0.4, -0.2) is 0 Å². The van der Waals surface area contributed by atoms with E-state index in [9.17, 15) is 4.39 Å². The lowest BCUT2D eigenvalue weighted by Crippen LogP contribution is -2.02. The molecule has 3 aromatic rings. The van der Waals surface area contributed by atoms with E-state index >= 15 is 0 Å². The van der Waals surface area contributed by atoms with Gasteiger partial charge in [-0.05, 0) is 24.3 Å². The van der Waals surface area contributed by atoms with Gasteiger partial charge in [0.25, 0.3) is 0 Å². The second-order valence-corrected chi connectivity index (χ2v) is 5.27. The molecule has 2 aromatic carbocycles. The van der Waals surface area contributed by atoms with E-state index in [-0.39, 0.29) is 5.82 Å². The Hall–Kier alpha value is -2.00. The average Bonchev–Trinajstić information content (AvgIpc) is 2.86. The second kappa shape index (κ2) is 5.78. The molecule has 0 saturated carbocycles. The number of fused-ring (bicyclic) bond motifs is 1.